The maximum absolute atomic E-state index is 12.9. The van der Waals surface area contributed by atoms with Crippen molar-refractivity contribution in [2.75, 3.05) is 0 Å². The summed E-state index contributed by atoms with van der Waals surface area (Å²) in [7, 11) is 0. The van der Waals surface area contributed by atoms with E-state index in [1.165, 1.54) is 12.1 Å². The van der Waals surface area contributed by atoms with Gasteiger partial charge in [0.1, 0.15) is 17.6 Å². The summed E-state index contributed by atoms with van der Waals surface area (Å²) >= 11 is 3.26. The lowest BCUT2D eigenvalue weighted by molar-refractivity contribution is 0.626. The van der Waals surface area contributed by atoms with Crippen LogP contribution in [0.3, 0.4) is 0 Å². The normalized spacial score (nSPS) is 9.93. The van der Waals surface area contributed by atoms with Gasteiger partial charge in [0.15, 0.2) is 0 Å². The summed E-state index contributed by atoms with van der Waals surface area (Å²) < 4.78 is 15.2. The molecule has 0 saturated carbocycles. The maximum Gasteiger partial charge on any atom is 0.124 e. The average Bonchev–Trinajstić information content (AvgIpc) is 2.65. The van der Waals surface area contributed by atoms with Crippen molar-refractivity contribution >= 4 is 15.9 Å². The van der Waals surface area contributed by atoms with Gasteiger partial charge in [-0.1, -0.05) is 0 Å². The van der Waals surface area contributed by atoms with Gasteiger partial charge in [-0.25, -0.2) is 4.39 Å². The Morgan fingerprint density at radius 3 is 2.80 bits per heavy atom. The summed E-state index contributed by atoms with van der Waals surface area (Å²) in [6, 6.07) is 9.90. The molecule has 1 aromatic carbocycles. The van der Waals surface area contributed by atoms with Crippen molar-refractivity contribution in [3.05, 3.63) is 52.5 Å². The summed E-state index contributed by atoms with van der Waals surface area (Å²) in [5.41, 5.74) is 1.26. The number of rotatable bonds is 1. The Balaban J connectivity index is 2.60. The zero-order valence-corrected chi connectivity index (χ0v) is 9.20. The first-order valence-corrected chi connectivity index (χ1v) is 5.04. The molecular formula is C11H6BrFN2. The number of benzene rings is 1. The van der Waals surface area contributed by atoms with E-state index in [4.69, 9.17) is 5.26 Å². The van der Waals surface area contributed by atoms with Crippen LogP contribution in [0.4, 0.5) is 4.39 Å². The molecule has 0 amide bonds. The summed E-state index contributed by atoms with van der Waals surface area (Å²) in [6.45, 7) is 0. The van der Waals surface area contributed by atoms with E-state index in [9.17, 15) is 4.39 Å². The van der Waals surface area contributed by atoms with E-state index >= 15 is 0 Å². The molecule has 0 saturated heterocycles. The molecule has 1 heterocycles. The second-order valence-electron chi connectivity index (χ2n) is 2.97. The lowest BCUT2D eigenvalue weighted by Crippen LogP contribution is -1.96. The minimum absolute atomic E-state index is 0.309. The van der Waals surface area contributed by atoms with E-state index in [2.05, 4.69) is 22.0 Å². The Kier molecular flexibility index (Phi) is 2.57. The third-order valence-electron chi connectivity index (χ3n) is 2.03. The number of aromatic nitrogens is 1. The SMILES string of the molecule is N#Cc1cccn1-c1ccc(F)cc1Br. The molecule has 0 atom stereocenters. The van der Waals surface area contributed by atoms with Gasteiger partial charge in [-0.15, -0.1) is 0 Å². The molecule has 15 heavy (non-hydrogen) atoms. The smallest absolute Gasteiger partial charge is 0.124 e. The van der Waals surface area contributed by atoms with E-state index < -0.39 is 0 Å². The van der Waals surface area contributed by atoms with Crippen molar-refractivity contribution in [1.29, 1.82) is 5.26 Å². The molecule has 0 N–H and O–H groups in total. The van der Waals surface area contributed by atoms with Crippen LogP contribution in [-0.4, -0.2) is 4.57 Å². The molecule has 0 aliphatic heterocycles. The predicted octanol–water partition coefficient (Wildman–Crippen LogP) is 3.25. The van der Waals surface area contributed by atoms with Crippen molar-refractivity contribution in [2.45, 2.75) is 0 Å². The quantitative estimate of drug-likeness (QED) is 0.778. The van der Waals surface area contributed by atoms with Crippen molar-refractivity contribution in [1.82, 2.24) is 4.57 Å². The lowest BCUT2D eigenvalue weighted by atomic mass is 10.3. The summed E-state index contributed by atoms with van der Waals surface area (Å²) in [5.74, 6) is -0.309. The minimum Gasteiger partial charge on any atom is -0.307 e. The topological polar surface area (TPSA) is 28.7 Å². The van der Waals surface area contributed by atoms with E-state index in [1.807, 2.05) is 0 Å². The van der Waals surface area contributed by atoms with Crippen LogP contribution in [0.1, 0.15) is 5.69 Å². The number of nitrogens with zero attached hydrogens (tertiary/aromatic N) is 2. The fraction of sp³-hybridized carbons (Fsp3) is 0. The number of nitriles is 1. The largest absolute Gasteiger partial charge is 0.307 e. The Bertz CT molecular complexity index is 540. The van der Waals surface area contributed by atoms with Crippen LogP contribution in [0.15, 0.2) is 41.0 Å². The van der Waals surface area contributed by atoms with Gasteiger partial charge in [-0.05, 0) is 46.3 Å². The molecule has 0 bridgehead atoms. The predicted molar refractivity (Wildman–Crippen MR) is 58.1 cm³/mol. The maximum atomic E-state index is 12.9. The highest BCUT2D eigenvalue weighted by atomic mass is 79.9. The van der Waals surface area contributed by atoms with E-state index in [1.54, 1.807) is 29.0 Å². The zero-order valence-electron chi connectivity index (χ0n) is 7.61. The molecule has 74 valence electrons. The van der Waals surface area contributed by atoms with E-state index in [0.717, 1.165) is 5.69 Å². The molecule has 0 aliphatic rings. The Labute approximate surface area is 94.7 Å². The van der Waals surface area contributed by atoms with Gasteiger partial charge in [-0.3, -0.25) is 0 Å². The van der Waals surface area contributed by atoms with Gasteiger partial charge in [0.25, 0.3) is 0 Å². The molecule has 2 aromatic rings. The minimum atomic E-state index is -0.309. The standard InChI is InChI=1S/C11H6BrFN2/c12-10-6-8(13)3-4-11(10)15-5-1-2-9(15)7-14/h1-6H. The fourth-order valence-electron chi connectivity index (χ4n) is 1.36. The monoisotopic (exact) mass is 264 g/mol. The molecule has 2 nitrogen and oxygen atoms in total. The van der Waals surface area contributed by atoms with Gasteiger partial charge in [0.2, 0.25) is 0 Å². The van der Waals surface area contributed by atoms with Crippen LogP contribution < -0.4 is 0 Å². The summed E-state index contributed by atoms with van der Waals surface area (Å²) in [5, 5.41) is 8.85. The van der Waals surface area contributed by atoms with Gasteiger partial charge in [0.05, 0.1) is 5.69 Å². The molecule has 4 heteroatoms. The third kappa shape index (κ3) is 1.79. The summed E-state index contributed by atoms with van der Waals surface area (Å²) in [6.07, 6.45) is 1.76. The molecule has 0 aliphatic carbocycles. The van der Waals surface area contributed by atoms with Crippen LogP contribution in [0.5, 0.6) is 0 Å². The second-order valence-corrected chi connectivity index (χ2v) is 3.83. The zero-order chi connectivity index (χ0) is 10.8. The molecule has 0 spiro atoms. The highest BCUT2D eigenvalue weighted by Gasteiger charge is 2.06. The Morgan fingerprint density at radius 2 is 2.13 bits per heavy atom. The van der Waals surface area contributed by atoms with Crippen LogP contribution in [-0.2, 0) is 0 Å². The van der Waals surface area contributed by atoms with Crippen molar-refractivity contribution in [2.24, 2.45) is 0 Å². The van der Waals surface area contributed by atoms with Crippen LogP contribution in [0.25, 0.3) is 5.69 Å². The van der Waals surface area contributed by atoms with Crippen molar-refractivity contribution in [3.63, 3.8) is 0 Å². The number of hydrogen-bond donors (Lipinski definition) is 0. The molecule has 0 fully saturated rings. The van der Waals surface area contributed by atoms with Crippen LogP contribution in [0, 0.1) is 17.1 Å². The highest BCUT2D eigenvalue weighted by molar-refractivity contribution is 9.10. The first kappa shape index (κ1) is 9.94. The molecular weight excluding hydrogens is 259 g/mol. The van der Waals surface area contributed by atoms with Crippen LogP contribution in [0.2, 0.25) is 0 Å². The summed E-state index contributed by atoms with van der Waals surface area (Å²) in [4.78, 5) is 0. The number of hydrogen-bond acceptors (Lipinski definition) is 1. The lowest BCUT2D eigenvalue weighted by Gasteiger charge is -2.06. The first-order valence-electron chi connectivity index (χ1n) is 4.25. The van der Waals surface area contributed by atoms with E-state index in [-0.39, 0.29) is 5.82 Å². The van der Waals surface area contributed by atoms with Gasteiger partial charge >= 0.3 is 0 Å². The number of halogens is 2. The average molecular weight is 265 g/mol. The van der Waals surface area contributed by atoms with Crippen LogP contribution >= 0.6 is 15.9 Å². The van der Waals surface area contributed by atoms with E-state index in [0.29, 0.717) is 10.2 Å². The van der Waals surface area contributed by atoms with Gasteiger partial charge < -0.3 is 4.57 Å². The Morgan fingerprint density at radius 1 is 1.33 bits per heavy atom. The molecule has 1 aromatic heterocycles. The second kappa shape index (κ2) is 3.87. The molecule has 0 unspecified atom stereocenters. The van der Waals surface area contributed by atoms with Crippen molar-refractivity contribution < 1.29 is 4.39 Å². The molecule has 0 radical (unpaired) electrons. The fourth-order valence-corrected chi connectivity index (χ4v) is 1.90. The first-order chi connectivity index (χ1) is 7.22. The highest BCUT2D eigenvalue weighted by Crippen LogP contribution is 2.23. The molecule has 2 rings (SSSR count). The third-order valence-corrected chi connectivity index (χ3v) is 2.67. The van der Waals surface area contributed by atoms with Gasteiger partial charge in [0, 0.05) is 10.7 Å². The van der Waals surface area contributed by atoms with Crippen molar-refractivity contribution in [3.8, 4) is 11.8 Å². The Hall–Kier alpha value is -1.60. The van der Waals surface area contributed by atoms with Gasteiger partial charge in [-0.2, -0.15) is 5.26 Å².